The number of aromatic nitrogens is 1. The van der Waals surface area contributed by atoms with E-state index in [9.17, 15) is 14.4 Å². The molecule has 0 aliphatic heterocycles. The van der Waals surface area contributed by atoms with Gasteiger partial charge in [-0.1, -0.05) is 29.5 Å². The first kappa shape index (κ1) is 21.9. The standard InChI is InChI=1S/C22H21N5O3S/c1-15(28)24-16-8-9-18-19(14-16)31-22(25-18)26-20(29)10-11-21(30)27(13-5-12-23)17-6-3-2-4-7-17/h2-4,6-9,14H,5,10-11,13H2,1H3,(H,24,28)(H,25,26,29). The molecule has 0 bridgehead atoms. The van der Waals surface area contributed by atoms with Gasteiger partial charge < -0.3 is 15.5 Å². The molecule has 3 rings (SSSR count). The van der Waals surface area contributed by atoms with Crippen LogP contribution in [0.15, 0.2) is 48.5 Å². The Morgan fingerprint density at radius 3 is 2.58 bits per heavy atom. The van der Waals surface area contributed by atoms with Gasteiger partial charge in [0, 0.05) is 37.7 Å². The van der Waals surface area contributed by atoms with E-state index in [1.54, 1.807) is 30.3 Å². The average Bonchev–Trinajstić information content (AvgIpc) is 3.14. The van der Waals surface area contributed by atoms with Gasteiger partial charge in [0.25, 0.3) is 0 Å². The van der Waals surface area contributed by atoms with Gasteiger partial charge in [-0.05, 0) is 30.3 Å². The van der Waals surface area contributed by atoms with E-state index in [1.165, 1.54) is 23.2 Å². The van der Waals surface area contributed by atoms with E-state index in [4.69, 9.17) is 5.26 Å². The van der Waals surface area contributed by atoms with Crippen LogP contribution in [0.2, 0.25) is 0 Å². The van der Waals surface area contributed by atoms with Crippen molar-refractivity contribution in [1.29, 1.82) is 5.26 Å². The molecule has 0 spiro atoms. The molecule has 8 nitrogen and oxygen atoms in total. The minimum atomic E-state index is -0.317. The summed E-state index contributed by atoms with van der Waals surface area (Å²) >= 11 is 1.29. The first-order valence-electron chi connectivity index (χ1n) is 9.66. The van der Waals surface area contributed by atoms with Crippen molar-refractivity contribution in [3.8, 4) is 6.07 Å². The fourth-order valence-electron chi connectivity index (χ4n) is 2.96. The highest BCUT2D eigenvalue weighted by atomic mass is 32.1. The van der Waals surface area contributed by atoms with Crippen LogP contribution in [-0.2, 0) is 14.4 Å². The number of carbonyl (C=O) groups excluding carboxylic acids is 3. The molecule has 3 amide bonds. The summed E-state index contributed by atoms with van der Waals surface area (Å²) in [6.45, 7) is 1.71. The molecule has 0 unspecified atom stereocenters. The second kappa shape index (κ2) is 10.3. The van der Waals surface area contributed by atoms with Gasteiger partial charge in [0.05, 0.1) is 22.7 Å². The Hall–Kier alpha value is -3.77. The Morgan fingerprint density at radius 1 is 1.10 bits per heavy atom. The van der Waals surface area contributed by atoms with Gasteiger partial charge in [0.1, 0.15) is 0 Å². The predicted molar refractivity (Wildman–Crippen MR) is 121 cm³/mol. The highest BCUT2D eigenvalue weighted by Crippen LogP contribution is 2.28. The van der Waals surface area contributed by atoms with E-state index in [1.807, 2.05) is 24.3 Å². The zero-order valence-electron chi connectivity index (χ0n) is 16.9. The molecule has 158 valence electrons. The summed E-state index contributed by atoms with van der Waals surface area (Å²) in [6.07, 6.45) is 0.227. The highest BCUT2D eigenvalue weighted by molar-refractivity contribution is 7.22. The number of benzene rings is 2. The Bertz CT molecular complexity index is 1140. The Labute approximate surface area is 183 Å². The smallest absolute Gasteiger partial charge is 0.227 e. The summed E-state index contributed by atoms with van der Waals surface area (Å²) in [5, 5.41) is 14.7. The fraction of sp³-hybridized carbons (Fsp3) is 0.227. The minimum Gasteiger partial charge on any atom is -0.326 e. The van der Waals surface area contributed by atoms with E-state index >= 15 is 0 Å². The summed E-state index contributed by atoms with van der Waals surface area (Å²) in [5.74, 6) is -0.704. The fourth-order valence-corrected chi connectivity index (χ4v) is 3.89. The van der Waals surface area contributed by atoms with Crippen LogP contribution in [0.4, 0.5) is 16.5 Å². The van der Waals surface area contributed by atoms with Crippen molar-refractivity contribution in [2.24, 2.45) is 0 Å². The Balaban J connectivity index is 1.60. The number of fused-ring (bicyclic) bond motifs is 1. The number of carbonyl (C=O) groups is 3. The molecule has 0 saturated heterocycles. The van der Waals surface area contributed by atoms with Crippen LogP contribution in [0.25, 0.3) is 10.2 Å². The van der Waals surface area contributed by atoms with Crippen molar-refractivity contribution in [1.82, 2.24) is 4.98 Å². The maximum absolute atomic E-state index is 12.7. The lowest BCUT2D eigenvalue weighted by Gasteiger charge is -2.21. The van der Waals surface area contributed by atoms with Gasteiger partial charge in [0.2, 0.25) is 17.7 Å². The van der Waals surface area contributed by atoms with Crippen LogP contribution in [0.3, 0.4) is 0 Å². The number of nitrogens with one attached hydrogen (secondary N) is 2. The lowest BCUT2D eigenvalue weighted by Crippen LogP contribution is -2.32. The third kappa shape index (κ3) is 6.10. The van der Waals surface area contributed by atoms with Gasteiger partial charge in [-0.15, -0.1) is 0 Å². The Kier molecular flexibility index (Phi) is 7.30. The largest absolute Gasteiger partial charge is 0.326 e. The monoisotopic (exact) mass is 435 g/mol. The Morgan fingerprint density at radius 2 is 1.87 bits per heavy atom. The number of para-hydroxylation sites is 1. The van der Waals surface area contributed by atoms with Crippen LogP contribution in [0.5, 0.6) is 0 Å². The molecule has 0 atom stereocenters. The number of nitriles is 1. The van der Waals surface area contributed by atoms with Crippen molar-refractivity contribution in [3.05, 3.63) is 48.5 Å². The highest BCUT2D eigenvalue weighted by Gasteiger charge is 2.17. The second-order valence-electron chi connectivity index (χ2n) is 6.72. The topological polar surface area (TPSA) is 115 Å². The first-order valence-corrected chi connectivity index (χ1v) is 10.5. The molecule has 1 heterocycles. The zero-order chi connectivity index (χ0) is 22.2. The van der Waals surface area contributed by atoms with Crippen LogP contribution in [0, 0.1) is 11.3 Å². The number of anilines is 3. The molecular weight excluding hydrogens is 414 g/mol. The molecular formula is C22H21N5O3S. The normalized spacial score (nSPS) is 10.3. The van der Waals surface area contributed by atoms with E-state index < -0.39 is 0 Å². The molecule has 2 N–H and O–H groups in total. The second-order valence-corrected chi connectivity index (χ2v) is 7.75. The molecule has 9 heteroatoms. The molecule has 1 aromatic heterocycles. The van der Waals surface area contributed by atoms with Gasteiger partial charge in [0.15, 0.2) is 5.13 Å². The molecule has 0 saturated carbocycles. The van der Waals surface area contributed by atoms with Crippen molar-refractivity contribution >= 4 is 55.8 Å². The minimum absolute atomic E-state index is 0.00177. The van der Waals surface area contributed by atoms with E-state index in [0.717, 1.165) is 4.70 Å². The molecule has 3 aromatic rings. The summed E-state index contributed by atoms with van der Waals surface area (Å²) in [5.41, 5.74) is 2.06. The predicted octanol–water partition coefficient (Wildman–Crippen LogP) is 3.92. The number of rotatable bonds is 8. The number of nitrogens with zero attached hydrogens (tertiary/aromatic N) is 3. The summed E-state index contributed by atoms with van der Waals surface area (Å²) in [7, 11) is 0. The van der Waals surface area contributed by atoms with Gasteiger partial charge in [-0.2, -0.15) is 5.26 Å². The van der Waals surface area contributed by atoms with Crippen molar-refractivity contribution in [3.63, 3.8) is 0 Å². The average molecular weight is 436 g/mol. The van der Waals surface area contributed by atoms with E-state index in [2.05, 4.69) is 15.6 Å². The van der Waals surface area contributed by atoms with Crippen molar-refractivity contribution in [2.75, 3.05) is 22.1 Å². The van der Waals surface area contributed by atoms with Crippen LogP contribution in [-0.4, -0.2) is 29.3 Å². The van der Waals surface area contributed by atoms with E-state index in [-0.39, 0.29) is 43.5 Å². The molecule has 0 aliphatic carbocycles. The number of hydrogen-bond donors (Lipinski definition) is 2. The first-order chi connectivity index (χ1) is 15.0. The SMILES string of the molecule is CC(=O)Nc1ccc2nc(NC(=O)CCC(=O)N(CCC#N)c3ccccc3)sc2c1. The lowest BCUT2D eigenvalue weighted by molar-refractivity contribution is -0.122. The van der Waals surface area contributed by atoms with Gasteiger partial charge >= 0.3 is 0 Å². The van der Waals surface area contributed by atoms with Gasteiger partial charge in [-0.25, -0.2) is 4.98 Å². The number of thiazole rings is 1. The maximum atomic E-state index is 12.7. The summed E-state index contributed by atoms with van der Waals surface area (Å²) in [6, 6.07) is 16.4. The molecule has 2 aromatic carbocycles. The maximum Gasteiger partial charge on any atom is 0.227 e. The van der Waals surface area contributed by atoms with Crippen LogP contribution < -0.4 is 15.5 Å². The summed E-state index contributed by atoms with van der Waals surface area (Å²) < 4.78 is 0.824. The third-order valence-electron chi connectivity index (χ3n) is 4.34. The van der Waals surface area contributed by atoms with Crippen molar-refractivity contribution < 1.29 is 14.4 Å². The lowest BCUT2D eigenvalue weighted by atomic mass is 10.2. The van der Waals surface area contributed by atoms with Crippen LogP contribution in [0.1, 0.15) is 26.2 Å². The quantitative estimate of drug-likeness (QED) is 0.556. The summed E-state index contributed by atoms with van der Waals surface area (Å²) in [4.78, 5) is 42.1. The van der Waals surface area contributed by atoms with E-state index in [0.29, 0.717) is 22.0 Å². The van der Waals surface area contributed by atoms with Crippen molar-refractivity contribution in [2.45, 2.75) is 26.2 Å². The number of amides is 3. The van der Waals surface area contributed by atoms with Crippen LogP contribution >= 0.6 is 11.3 Å². The van der Waals surface area contributed by atoms with Gasteiger partial charge in [-0.3, -0.25) is 14.4 Å². The number of hydrogen-bond acceptors (Lipinski definition) is 6. The third-order valence-corrected chi connectivity index (χ3v) is 5.27. The zero-order valence-corrected chi connectivity index (χ0v) is 17.7. The molecule has 0 radical (unpaired) electrons. The molecule has 0 fully saturated rings. The molecule has 31 heavy (non-hydrogen) atoms. The molecule has 0 aliphatic rings.